The molecule has 0 bridgehead atoms. The molecule has 0 aliphatic carbocycles. The third-order valence-electron chi connectivity index (χ3n) is 6.02. The zero-order valence-corrected chi connectivity index (χ0v) is 19.8. The molecule has 1 aliphatic heterocycles. The molecule has 9 heteroatoms. The number of nitrogens with one attached hydrogen (secondary N) is 1. The van der Waals surface area contributed by atoms with Gasteiger partial charge in [0.05, 0.1) is 18.8 Å². The number of fused-ring (bicyclic) bond motifs is 1. The summed E-state index contributed by atoms with van der Waals surface area (Å²) in [4.78, 5) is 19.0. The van der Waals surface area contributed by atoms with Crippen molar-refractivity contribution in [3.63, 3.8) is 0 Å². The Morgan fingerprint density at radius 3 is 2.81 bits per heavy atom. The Hall–Kier alpha value is -2.78. The number of aryl methyl sites for hydroxylation is 2. The monoisotopic (exact) mass is 438 g/mol. The maximum atomic E-state index is 5.60. The van der Waals surface area contributed by atoms with Gasteiger partial charge in [0.1, 0.15) is 16.9 Å². The molecule has 3 aromatic rings. The Morgan fingerprint density at radius 1 is 1.28 bits per heavy atom. The molecule has 3 aromatic heterocycles. The number of nitrogens with zero attached hydrogens (tertiary/aromatic N) is 7. The molecule has 0 radical (unpaired) electrons. The summed E-state index contributed by atoms with van der Waals surface area (Å²) in [5.41, 5.74) is 3.89. The molecule has 4 heterocycles. The summed E-state index contributed by atoms with van der Waals surface area (Å²) in [6.45, 7) is 10.2. The summed E-state index contributed by atoms with van der Waals surface area (Å²) < 4.78 is 7.56. The van der Waals surface area contributed by atoms with Crippen LogP contribution in [-0.2, 0) is 17.7 Å². The molecular weight excluding hydrogens is 404 g/mol. The number of likely N-dealkylation sites (tertiary alicyclic amines) is 1. The van der Waals surface area contributed by atoms with E-state index in [1.165, 1.54) is 0 Å². The SMILES string of the molecule is CCOCCn1nc(CC)c2nc(N(C)[C@H]3CCN(C)C3)nc(Nc3cc(C)ccn3)c21. The second-order valence-electron chi connectivity index (χ2n) is 8.45. The van der Waals surface area contributed by atoms with Crippen LogP contribution in [0.25, 0.3) is 11.0 Å². The van der Waals surface area contributed by atoms with Crippen molar-refractivity contribution in [2.75, 3.05) is 50.6 Å². The summed E-state index contributed by atoms with van der Waals surface area (Å²) in [6, 6.07) is 4.39. The molecule has 9 nitrogen and oxygen atoms in total. The number of hydrogen-bond donors (Lipinski definition) is 1. The molecular formula is C23H34N8O. The summed E-state index contributed by atoms with van der Waals surface area (Å²) in [5.74, 6) is 2.20. The average Bonchev–Trinajstić information content (AvgIpc) is 3.37. The quantitative estimate of drug-likeness (QED) is 0.511. The largest absolute Gasteiger partial charge is 0.380 e. The van der Waals surface area contributed by atoms with E-state index in [1.54, 1.807) is 6.20 Å². The van der Waals surface area contributed by atoms with Gasteiger partial charge >= 0.3 is 0 Å². The molecule has 1 aliphatic rings. The van der Waals surface area contributed by atoms with Gasteiger partial charge in [-0.25, -0.2) is 9.97 Å². The smallest absolute Gasteiger partial charge is 0.228 e. The summed E-state index contributed by atoms with van der Waals surface area (Å²) in [7, 11) is 4.25. The number of rotatable bonds is 9. The lowest BCUT2D eigenvalue weighted by molar-refractivity contribution is 0.137. The Balaban J connectivity index is 1.80. The van der Waals surface area contributed by atoms with Gasteiger partial charge in [-0.2, -0.15) is 10.1 Å². The average molecular weight is 439 g/mol. The minimum Gasteiger partial charge on any atom is -0.380 e. The zero-order chi connectivity index (χ0) is 22.7. The normalized spacial score (nSPS) is 16.7. The Labute approximate surface area is 189 Å². The van der Waals surface area contributed by atoms with Gasteiger partial charge in [-0.1, -0.05) is 6.92 Å². The molecule has 0 amide bonds. The standard InChI is InChI=1S/C23H34N8O/c1-6-18-20-21(31(28-18)12-13-32-7-2)22(25-19-14-16(3)8-10-24-19)27-23(26-20)30(5)17-9-11-29(4)15-17/h8,10,14,17H,6-7,9,11-13,15H2,1-5H3,(H,24,25,26,27)/t17-/m0/s1. The minimum absolute atomic E-state index is 0.389. The van der Waals surface area contributed by atoms with Crippen LogP contribution in [-0.4, -0.2) is 76.1 Å². The first kappa shape index (κ1) is 22.4. The van der Waals surface area contributed by atoms with Gasteiger partial charge in [0.2, 0.25) is 5.95 Å². The fourth-order valence-electron chi connectivity index (χ4n) is 4.19. The third kappa shape index (κ3) is 4.68. The van der Waals surface area contributed by atoms with Gasteiger partial charge < -0.3 is 19.9 Å². The van der Waals surface area contributed by atoms with Crippen molar-refractivity contribution in [1.29, 1.82) is 0 Å². The Bertz CT molecular complexity index is 1070. The highest BCUT2D eigenvalue weighted by atomic mass is 16.5. The van der Waals surface area contributed by atoms with E-state index in [2.05, 4.69) is 48.0 Å². The topological polar surface area (TPSA) is 84.2 Å². The van der Waals surface area contributed by atoms with Crippen molar-refractivity contribution in [3.05, 3.63) is 29.6 Å². The van der Waals surface area contributed by atoms with Crippen LogP contribution in [0.4, 0.5) is 17.6 Å². The van der Waals surface area contributed by atoms with Crippen LogP contribution < -0.4 is 10.2 Å². The van der Waals surface area contributed by atoms with Crippen LogP contribution in [0.3, 0.4) is 0 Å². The van der Waals surface area contributed by atoms with E-state index in [-0.39, 0.29) is 0 Å². The number of hydrogen-bond acceptors (Lipinski definition) is 8. The fourth-order valence-corrected chi connectivity index (χ4v) is 4.19. The van der Waals surface area contributed by atoms with Crippen molar-refractivity contribution in [3.8, 4) is 0 Å². The van der Waals surface area contributed by atoms with Gasteiger partial charge in [-0.05, 0) is 58.0 Å². The van der Waals surface area contributed by atoms with Crippen molar-refractivity contribution in [1.82, 2.24) is 29.6 Å². The lowest BCUT2D eigenvalue weighted by Crippen LogP contribution is -2.35. The fraction of sp³-hybridized carbons (Fsp3) is 0.565. The molecule has 0 spiro atoms. The van der Waals surface area contributed by atoms with Gasteiger partial charge in [-0.3, -0.25) is 4.68 Å². The summed E-state index contributed by atoms with van der Waals surface area (Å²) >= 11 is 0. The van der Waals surface area contributed by atoms with Crippen LogP contribution in [0, 0.1) is 6.92 Å². The molecule has 172 valence electrons. The van der Waals surface area contributed by atoms with E-state index in [1.807, 2.05) is 23.7 Å². The third-order valence-corrected chi connectivity index (χ3v) is 6.02. The second-order valence-corrected chi connectivity index (χ2v) is 8.45. The molecule has 0 aromatic carbocycles. The van der Waals surface area contributed by atoms with E-state index < -0.39 is 0 Å². The number of ether oxygens (including phenoxy) is 1. The van der Waals surface area contributed by atoms with E-state index in [9.17, 15) is 0 Å². The van der Waals surface area contributed by atoms with E-state index in [4.69, 9.17) is 19.8 Å². The lowest BCUT2D eigenvalue weighted by Gasteiger charge is -2.25. The van der Waals surface area contributed by atoms with Gasteiger partial charge in [0.15, 0.2) is 5.82 Å². The molecule has 0 saturated carbocycles. The first-order valence-corrected chi connectivity index (χ1v) is 11.5. The maximum absolute atomic E-state index is 5.60. The number of pyridine rings is 1. The highest BCUT2D eigenvalue weighted by molar-refractivity contribution is 5.90. The van der Waals surface area contributed by atoms with Crippen LogP contribution >= 0.6 is 0 Å². The maximum Gasteiger partial charge on any atom is 0.228 e. The molecule has 1 atom stereocenters. The highest BCUT2D eigenvalue weighted by Gasteiger charge is 2.27. The van der Waals surface area contributed by atoms with Crippen molar-refractivity contribution in [2.24, 2.45) is 0 Å². The van der Waals surface area contributed by atoms with Gasteiger partial charge in [-0.15, -0.1) is 0 Å². The van der Waals surface area contributed by atoms with Gasteiger partial charge in [0.25, 0.3) is 0 Å². The molecule has 1 N–H and O–H groups in total. The summed E-state index contributed by atoms with van der Waals surface area (Å²) in [5, 5.41) is 8.31. The number of anilines is 3. The molecule has 1 saturated heterocycles. The van der Waals surface area contributed by atoms with Crippen molar-refractivity contribution < 1.29 is 4.74 Å². The van der Waals surface area contributed by atoms with E-state index in [0.717, 1.165) is 59.9 Å². The molecule has 1 fully saturated rings. The van der Waals surface area contributed by atoms with E-state index >= 15 is 0 Å². The van der Waals surface area contributed by atoms with Crippen molar-refractivity contribution in [2.45, 2.75) is 46.2 Å². The zero-order valence-electron chi connectivity index (χ0n) is 19.8. The molecule has 4 rings (SSSR count). The predicted molar refractivity (Wildman–Crippen MR) is 128 cm³/mol. The summed E-state index contributed by atoms with van der Waals surface area (Å²) in [6.07, 6.45) is 3.71. The predicted octanol–water partition coefficient (Wildman–Crippen LogP) is 3.01. The van der Waals surface area contributed by atoms with Crippen LogP contribution in [0.2, 0.25) is 0 Å². The van der Waals surface area contributed by atoms with E-state index in [0.29, 0.717) is 31.7 Å². The Kier molecular flexibility index (Phi) is 6.86. The lowest BCUT2D eigenvalue weighted by atomic mass is 10.2. The second kappa shape index (κ2) is 9.79. The number of likely N-dealkylation sites (N-methyl/N-ethyl adjacent to an activating group) is 2. The highest BCUT2D eigenvalue weighted by Crippen LogP contribution is 2.30. The Morgan fingerprint density at radius 2 is 2.12 bits per heavy atom. The molecule has 32 heavy (non-hydrogen) atoms. The van der Waals surface area contributed by atoms with Crippen LogP contribution in [0.5, 0.6) is 0 Å². The first-order valence-electron chi connectivity index (χ1n) is 11.5. The molecule has 0 unspecified atom stereocenters. The van der Waals surface area contributed by atoms with Crippen LogP contribution in [0.1, 0.15) is 31.5 Å². The number of aromatic nitrogens is 5. The minimum atomic E-state index is 0.389. The van der Waals surface area contributed by atoms with Gasteiger partial charge in [0, 0.05) is 32.4 Å². The van der Waals surface area contributed by atoms with Crippen molar-refractivity contribution >= 4 is 28.6 Å². The first-order chi connectivity index (χ1) is 15.5. The van der Waals surface area contributed by atoms with Crippen LogP contribution in [0.15, 0.2) is 18.3 Å².